The number of amides is 1. The maximum atomic E-state index is 12.4. The van der Waals surface area contributed by atoms with E-state index in [0.29, 0.717) is 17.7 Å². The van der Waals surface area contributed by atoms with Crippen LogP contribution in [-0.4, -0.2) is 86.6 Å². The molecule has 0 radical (unpaired) electrons. The van der Waals surface area contributed by atoms with Crippen molar-refractivity contribution in [3.8, 4) is 0 Å². The molecule has 3 saturated heterocycles. The van der Waals surface area contributed by atoms with E-state index in [1.54, 1.807) is 0 Å². The van der Waals surface area contributed by atoms with Crippen LogP contribution < -0.4 is 5.32 Å². The molecule has 3 aliphatic heterocycles. The van der Waals surface area contributed by atoms with Gasteiger partial charge in [0.05, 0.1) is 0 Å². The minimum absolute atomic E-state index is 0.370. The molecule has 3 heterocycles. The first-order chi connectivity index (χ1) is 10.2. The topological polar surface area (TPSA) is 38.8 Å². The highest BCUT2D eigenvalue weighted by molar-refractivity contribution is 5.76. The Bertz CT molecular complexity index is 359. The van der Waals surface area contributed by atoms with Crippen LogP contribution in [0.1, 0.15) is 25.7 Å². The van der Waals surface area contributed by atoms with Gasteiger partial charge in [0.25, 0.3) is 0 Å². The molecule has 0 aromatic rings. The van der Waals surface area contributed by atoms with Crippen LogP contribution in [0.15, 0.2) is 0 Å². The molecule has 0 bridgehead atoms. The number of carbonyl (C=O) groups is 1. The summed E-state index contributed by atoms with van der Waals surface area (Å²) in [7, 11) is 2.22. The molecule has 3 rings (SSSR count). The average molecular weight is 294 g/mol. The largest absolute Gasteiger partial charge is 0.343 e. The standard InChI is InChI=1S/C16H30N4O/c1-18-9-3-16(14-18)4-10-20(11-5-16)15(21)2-8-19-12-6-17-7-13-19/h17H,2-14H2,1H3. The number of nitrogens with one attached hydrogen (secondary N) is 1. The predicted octanol–water partition coefficient (Wildman–Crippen LogP) is 0.226. The van der Waals surface area contributed by atoms with Gasteiger partial charge in [-0.3, -0.25) is 4.79 Å². The molecule has 21 heavy (non-hydrogen) atoms. The van der Waals surface area contributed by atoms with Gasteiger partial charge in [-0.25, -0.2) is 0 Å². The monoisotopic (exact) mass is 294 g/mol. The first-order valence-electron chi connectivity index (χ1n) is 8.56. The molecule has 1 amide bonds. The Morgan fingerprint density at radius 3 is 2.33 bits per heavy atom. The van der Waals surface area contributed by atoms with E-state index >= 15 is 0 Å². The summed E-state index contributed by atoms with van der Waals surface area (Å²) < 4.78 is 0. The smallest absolute Gasteiger partial charge is 0.223 e. The highest BCUT2D eigenvalue weighted by Crippen LogP contribution is 2.39. The quantitative estimate of drug-likeness (QED) is 0.808. The van der Waals surface area contributed by atoms with Crippen molar-refractivity contribution in [2.75, 3.05) is 66.0 Å². The molecular weight excluding hydrogens is 264 g/mol. The summed E-state index contributed by atoms with van der Waals surface area (Å²) in [4.78, 5) is 19.4. The van der Waals surface area contributed by atoms with Crippen molar-refractivity contribution in [1.29, 1.82) is 0 Å². The van der Waals surface area contributed by atoms with Gasteiger partial charge in [0.15, 0.2) is 0 Å². The summed E-state index contributed by atoms with van der Waals surface area (Å²) in [5.41, 5.74) is 0.518. The zero-order valence-electron chi connectivity index (χ0n) is 13.4. The Labute approximate surface area is 128 Å². The lowest BCUT2D eigenvalue weighted by Crippen LogP contribution is -2.47. The fraction of sp³-hybridized carbons (Fsp3) is 0.938. The number of rotatable bonds is 3. The molecule has 3 fully saturated rings. The predicted molar refractivity (Wildman–Crippen MR) is 84.3 cm³/mol. The minimum atomic E-state index is 0.370. The van der Waals surface area contributed by atoms with Crippen molar-refractivity contribution in [2.45, 2.75) is 25.7 Å². The van der Waals surface area contributed by atoms with E-state index in [1.165, 1.54) is 32.4 Å². The maximum Gasteiger partial charge on any atom is 0.223 e. The number of carbonyl (C=O) groups excluding carboxylic acids is 1. The van der Waals surface area contributed by atoms with Crippen molar-refractivity contribution in [3.05, 3.63) is 0 Å². The van der Waals surface area contributed by atoms with Crippen LogP contribution in [0.25, 0.3) is 0 Å². The highest BCUT2D eigenvalue weighted by atomic mass is 16.2. The van der Waals surface area contributed by atoms with Crippen molar-refractivity contribution in [2.24, 2.45) is 5.41 Å². The first-order valence-corrected chi connectivity index (χ1v) is 8.56. The van der Waals surface area contributed by atoms with E-state index in [9.17, 15) is 4.79 Å². The fourth-order valence-electron chi connectivity index (χ4n) is 4.14. The van der Waals surface area contributed by atoms with Crippen LogP contribution in [0.2, 0.25) is 0 Å². The molecule has 5 nitrogen and oxygen atoms in total. The number of likely N-dealkylation sites (tertiary alicyclic amines) is 2. The van der Waals surface area contributed by atoms with E-state index in [4.69, 9.17) is 0 Å². The molecule has 0 unspecified atom stereocenters. The van der Waals surface area contributed by atoms with E-state index in [1.807, 2.05) is 0 Å². The molecule has 0 atom stereocenters. The third-order valence-electron chi connectivity index (χ3n) is 5.66. The Hall–Kier alpha value is -0.650. The Morgan fingerprint density at radius 1 is 1.05 bits per heavy atom. The van der Waals surface area contributed by atoms with Crippen molar-refractivity contribution in [3.63, 3.8) is 0 Å². The fourth-order valence-corrected chi connectivity index (χ4v) is 4.14. The van der Waals surface area contributed by atoms with E-state index in [0.717, 1.165) is 45.8 Å². The molecule has 3 aliphatic rings. The van der Waals surface area contributed by atoms with Gasteiger partial charge in [-0.15, -0.1) is 0 Å². The molecular formula is C16H30N4O. The number of nitrogens with zero attached hydrogens (tertiary/aromatic N) is 3. The summed E-state index contributed by atoms with van der Waals surface area (Å²) in [6.07, 6.45) is 4.44. The Morgan fingerprint density at radius 2 is 1.71 bits per heavy atom. The van der Waals surface area contributed by atoms with E-state index in [-0.39, 0.29) is 0 Å². The highest BCUT2D eigenvalue weighted by Gasteiger charge is 2.40. The summed E-state index contributed by atoms with van der Waals surface area (Å²) in [5, 5.41) is 3.36. The first kappa shape index (κ1) is 15.3. The van der Waals surface area contributed by atoms with Gasteiger partial charge < -0.3 is 20.0 Å². The lowest BCUT2D eigenvalue weighted by atomic mass is 9.78. The van der Waals surface area contributed by atoms with Crippen LogP contribution in [0.4, 0.5) is 0 Å². The summed E-state index contributed by atoms with van der Waals surface area (Å²) in [5.74, 6) is 0.370. The van der Waals surface area contributed by atoms with Gasteiger partial charge in [0, 0.05) is 58.8 Å². The second-order valence-electron chi connectivity index (χ2n) is 7.21. The normalized spacial score (nSPS) is 27.4. The van der Waals surface area contributed by atoms with Crippen LogP contribution in [-0.2, 0) is 4.79 Å². The van der Waals surface area contributed by atoms with Gasteiger partial charge in [0.1, 0.15) is 0 Å². The average Bonchev–Trinajstić information content (AvgIpc) is 2.87. The molecule has 1 spiro atoms. The van der Waals surface area contributed by atoms with Gasteiger partial charge in [0.2, 0.25) is 5.91 Å². The molecule has 0 saturated carbocycles. The molecule has 0 aromatic heterocycles. The number of hydrogen-bond donors (Lipinski definition) is 1. The molecule has 0 aliphatic carbocycles. The van der Waals surface area contributed by atoms with Crippen molar-refractivity contribution in [1.82, 2.24) is 20.0 Å². The Balaban J connectivity index is 1.40. The summed E-state index contributed by atoms with van der Waals surface area (Å²) >= 11 is 0. The zero-order valence-corrected chi connectivity index (χ0v) is 13.4. The van der Waals surface area contributed by atoms with Crippen LogP contribution in [0.5, 0.6) is 0 Å². The maximum absolute atomic E-state index is 12.4. The number of hydrogen-bond acceptors (Lipinski definition) is 4. The molecule has 120 valence electrons. The van der Waals surface area contributed by atoms with Gasteiger partial charge in [-0.1, -0.05) is 0 Å². The second-order valence-corrected chi connectivity index (χ2v) is 7.21. The Kier molecular flexibility index (Phi) is 4.82. The van der Waals surface area contributed by atoms with Crippen LogP contribution in [0.3, 0.4) is 0 Å². The molecule has 1 N–H and O–H groups in total. The minimum Gasteiger partial charge on any atom is -0.343 e. The van der Waals surface area contributed by atoms with Crippen molar-refractivity contribution < 1.29 is 4.79 Å². The number of piperazine rings is 1. The lowest BCUT2D eigenvalue weighted by molar-refractivity contribution is -0.133. The molecule has 0 aromatic carbocycles. The second kappa shape index (κ2) is 6.63. The van der Waals surface area contributed by atoms with Gasteiger partial charge in [-0.05, 0) is 38.3 Å². The molecule has 5 heteroatoms. The third kappa shape index (κ3) is 3.76. The lowest BCUT2D eigenvalue weighted by Gasteiger charge is -2.39. The third-order valence-corrected chi connectivity index (χ3v) is 5.66. The SMILES string of the molecule is CN1CCC2(CCN(C(=O)CCN3CCNCC3)CC2)C1. The van der Waals surface area contributed by atoms with Crippen LogP contribution >= 0.6 is 0 Å². The van der Waals surface area contributed by atoms with E-state index in [2.05, 4.69) is 27.1 Å². The van der Waals surface area contributed by atoms with Gasteiger partial charge in [-0.2, -0.15) is 0 Å². The van der Waals surface area contributed by atoms with Gasteiger partial charge >= 0.3 is 0 Å². The zero-order chi connectivity index (χ0) is 14.7. The van der Waals surface area contributed by atoms with Crippen LogP contribution in [0, 0.1) is 5.41 Å². The van der Waals surface area contributed by atoms with Crippen molar-refractivity contribution >= 4 is 5.91 Å². The summed E-state index contributed by atoms with van der Waals surface area (Å²) in [6, 6.07) is 0. The van der Waals surface area contributed by atoms with E-state index < -0.39 is 0 Å². The number of piperidine rings is 1. The summed E-state index contributed by atoms with van der Waals surface area (Å²) in [6.45, 7) is 9.66.